The van der Waals surface area contributed by atoms with Crippen molar-refractivity contribution in [3.05, 3.63) is 69.1 Å². The standard InChI is InChI=1S/C23H25N3O4S.ClH/c1-2-30-23(27)22-16-19-20(4-3-5-21(19)31-22)25-14-12-24(13-15-25)11-10-17-6-8-18(9-7-17)26(28)29;/h3-9,16H,2,10-15H2,1H3;1H. The van der Waals surface area contributed by atoms with E-state index in [0.29, 0.717) is 11.5 Å². The first-order valence-electron chi connectivity index (χ1n) is 10.5. The van der Waals surface area contributed by atoms with Crippen LogP contribution >= 0.6 is 23.7 Å². The summed E-state index contributed by atoms with van der Waals surface area (Å²) in [6.45, 7) is 6.88. The predicted octanol–water partition coefficient (Wildman–Crippen LogP) is 4.77. The van der Waals surface area contributed by atoms with Crippen LogP contribution in [0.4, 0.5) is 11.4 Å². The summed E-state index contributed by atoms with van der Waals surface area (Å²) in [4.78, 5) is 28.0. The third-order valence-electron chi connectivity index (χ3n) is 5.59. The fourth-order valence-corrected chi connectivity index (χ4v) is 4.88. The maximum absolute atomic E-state index is 12.1. The van der Waals surface area contributed by atoms with E-state index in [-0.39, 0.29) is 29.0 Å². The minimum Gasteiger partial charge on any atom is -0.462 e. The number of hydrogen-bond acceptors (Lipinski definition) is 7. The van der Waals surface area contributed by atoms with Crippen molar-refractivity contribution in [2.75, 3.05) is 44.2 Å². The lowest BCUT2D eigenvalue weighted by atomic mass is 10.1. The highest BCUT2D eigenvalue weighted by molar-refractivity contribution is 7.20. The van der Waals surface area contributed by atoms with Crippen LogP contribution in [0, 0.1) is 10.1 Å². The van der Waals surface area contributed by atoms with Crippen molar-refractivity contribution in [1.82, 2.24) is 4.90 Å². The van der Waals surface area contributed by atoms with E-state index in [2.05, 4.69) is 15.9 Å². The van der Waals surface area contributed by atoms with Gasteiger partial charge >= 0.3 is 5.97 Å². The van der Waals surface area contributed by atoms with Crippen molar-refractivity contribution in [2.45, 2.75) is 13.3 Å². The third-order valence-corrected chi connectivity index (χ3v) is 6.67. The summed E-state index contributed by atoms with van der Waals surface area (Å²) < 4.78 is 6.25. The van der Waals surface area contributed by atoms with Gasteiger partial charge in [-0.3, -0.25) is 15.0 Å². The molecule has 0 radical (unpaired) electrons. The van der Waals surface area contributed by atoms with E-state index in [1.807, 2.05) is 37.3 Å². The highest BCUT2D eigenvalue weighted by Gasteiger charge is 2.20. The summed E-state index contributed by atoms with van der Waals surface area (Å²) in [7, 11) is 0. The van der Waals surface area contributed by atoms with Crippen LogP contribution < -0.4 is 4.90 Å². The number of benzene rings is 2. The van der Waals surface area contributed by atoms with Crippen LogP contribution in [0.2, 0.25) is 0 Å². The highest BCUT2D eigenvalue weighted by atomic mass is 35.5. The Morgan fingerprint density at radius 1 is 1.12 bits per heavy atom. The van der Waals surface area contributed by atoms with E-state index in [1.54, 1.807) is 12.1 Å². The van der Waals surface area contributed by atoms with Crippen LogP contribution in [0.3, 0.4) is 0 Å². The second-order valence-corrected chi connectivity index (χ2v) is 8.61. The number of carbonyl (C=O) groups is 1. The lowest BCUT2D eigenvalue weighted by Gasteiger charge is -2.36. The smallest absolute Gasteiger partial charge is 0.348 e. The minimum atomic E-state index is -0.368. The number of carbonyl (C=O) groups excluding carboxylic acids is 1. The Labute approximate surface area is 197 Å². The zero-order valence-electron chi connectivity index (χ0n) is 17.9. The maximum Gasteiger partial charge on any atom is 0.348 e. The topological polar surface area (TPSA) is 75.9 Å². The Balaban J connectivity index is 0.00000289. The van der Waals surface area contributed by atoms with Gasteiger partial charge in [-0.25, -0.2) is 4.79 Å². The molecule has 7 nitrogen and oxygen atoms in total. The average Bonchev–Trinajstić information content (AvgIpc) is 3.23. The highest BCUT2D eigenvalue weighted by Crippen LogP contribution is 2.34. The van der Waals surface area contributed by atoms with E-state index < -0.39 is 0 Å². The SMILES string of the molecule is CCOC(=O)c1cc2c(N3CCN(CCc4ccc([N+](=O)[O-])cc4)CC3)cccc2s1.Cl. The van der Waals surface area contributed by atoms with Crippen molar-refractivity contribution >= 4 is 51.2 Å². The molecular formula is C23H26ClN3O4S. The molecule has 0 atom stereocenters. The van der Waals surface area contributed by atoms with Gasteiger partial charge in [0.2, 0.25) is 0 Å². The lowest BCUT2D eigenvalue weighted by Crippen LogP contribution is -2.47. The molecule has 0 N–H and O–H groups in total. The van der Waals surface area contributed by atoms with Gasteiger partial charge in [-0.05, 0) is 37.1 Å². The molecule has 0 aliphatic carbocycles. The first-order valence-corrected chi connectivity index (χ1v) is 11.3. The van der Waals surface area contributed by atoms with Gasteiger partial charge in [0.05, 0.1) is 11.5 Å². The molecule has 0 unspecified atom stereocenters. The normalized spacial score (nSPS) is 14.2. The van der Waals surface area contributed by atoms with Crippen molar-refractivity contribution in [1.29, 1.82) is 0 Å². The lowest BCUT2D eigenvalue weighted by molar-refractivity contribution is -0.384. The van der Waals surface area contributed by atoms with Gasteiger partial charge in [0, 0.05) is 60.6 Å². The molecule has 170 valence electrons. The van der Waals surface area contributed by atoms with Crippen LogP contribution in [0.15, 0.2) is 48.5 Å². The van der Waals surface area contributed by atoms with Gasteiger partial charge in [-0.2, -0.15) is 0 Å². The summed E-state index contributed by atoms with van der Waals surface area (Å²) in [5.74, 6) is -0.259. The number of esters is 1. The summed E-state index contributed by atoms with van der Waals surface area (Å²) in [6.07, 6.45) is 0.876. The summed E-state index contributed by atoms with van der Waals surface area (Å²) in [5.41, 5.74) is 2.41. The van der Waals surface area contributed by atoms with Crippen molar-refractivity contribution in [2.24, 2.45) is 0 Å². The first kappa shape index (κ1) is 24.0. The molecule has 3 aromatic rings. The zero-order valence-corrected chi connectivity index (χ0v) is 19.5. The molecule has 1 aliphatic heterocycles. The Morgan fingerprint density at radius 2 is 1.84 bits per heavy atom. The van der Waals surface area contributed by atoms with Crippen LogP contribution in [0.25, 0.3) is 10.1 Å². The molecule has 1 aromatic heterocycles. The maximum atomic E-state index is 12.1. The monoisotopic (exact) mass is 475 g/mol. The molecule has 0 amide bonds. The minimum absolute atomic E-state index is 0. The number of non-ortho nitro benzene ring substituents is 1. The Kier molecular flexibility index (Phi) is 8.06. The van der Waals surface area contributed by atoms with E-state index >= 15 is 0 Å². The zero-order chi connectivity index (χ0) is 21.8. The summed E-state index contributed by atoms with van der Waals surface area (Å²) >= 11 is 1.48. The van der Waals surface area contributed by atoms with Crippen LogP contribution in [0.1, 0.15) is 22.2 Å². The Bertz CT molecular complexity index is 1080. The number of piperazine rings is 1. The second-order valence-electron chi connectivity index (χ2n) is 7.52. The number of hydrogen-bond donors (Lipinski definition) is 0. The fourth-order valence-electron chi connectivity index (χ4n) is 3.91. The van der Waals surface area contributed by atoms with E-state index in [4.69, 9.17) is 4.74 Å². The van der Waals surface area contributed by atoms with E-state index in [0.717, 1.165) is 54.8 Å². The van der Waals surface area contributed by atoms with Gasteiger partial charge in [0.15, 0.2) is 0 Å². The van der Waals surface area contributed by atoms with Gasteiger partial charge in [-0.1, -0.05) is 18.2 Å². The van der Waals surface area contributed by atoms with Gasteiger partial charge in [-0.15, -0.1) is 23.7 Å². The van der Waals surface area contributed by atoms with E-state index in [9.17, 15) is 14.9 Å². The molecule has 4 rings (SSSR count). The number of halogens is 1. The van der Waals surface area contributed by atoms with Crippen molar-refractivity contribution in [3.63, 3.8) is 0 Å². The molecular weight excluding hydrogens is 450 g/mol. The molecule has 0 spiro atoms. The van der Waals surface area contributed by atoms with Gasteiger partial charge in [0.1, 0.15) is 4.88 Å². The molecule has 2 heterocycles. The Morgan fingerprint density at radius 3 is 2.50 bits per heavy atom. The molecule has 2 aromatic carbocycles. The van der Waals surface area contributed by atoms with Crippen molar-refractivity contribution < 1.29 is 14.5 Å². The number of nitro benzene ring substituents is 1. The second kappa shape index (κ2) is 10.8. The van der Waals surface area contributed by atoms with Crippen LogP contribution in [0.5, 0.6) is 0 Å². The number of ether oxygens (including phenoxy) is 1. The molecule has 32 heavy (non-hydrogen) atoms. The molecule has 1 fully saturated rings. The summed E-state index contributed by atoms with van der Waals surface area (Å²) in [5, 5.41) is 11.9. The number of rotatable bonds is 7. The largest absolute Gasteiger partial charge is 0.462 e. The Hall–Kier alpha value is -2.68. The van der Waals surface area contributed by atoms with Gasteiger partial charge in [0.25, 0.3) is 5.69 Å². The molecule has 0 saturated carbocycles. The third kappa shape index (κ3) is 5.38. The number of nitrogens with zero attached hydrogens (tertiary/aromatic N) is 3. The fraction of sp³-hybridized carbons (Fsp3) is 0.348. The van der Waals surface area contributed by atoms with Crippen molar-refractivity contribution in [3.8, 4) is 0 Å². The van der Waals surface area contributed by atoms with Crippen LogP contribution in [-0.2, 0) is 11.2 Å². The molecule has 1 aliphatic rings. The van der Waals surface area contributed by atoms with Gasteiger partial charge < -0.3 is 9.64 Å². The van der Waals surface area contributed by atoms with E-state index in [1.165, 1.54) is 17.0 Å². The predicted molar refractivity (Wildman–Crippen MR) is 130 cm³/mol. The molecule has 0 bridgehead atoms. The summed E-state index contributed by atoms with van der Waals surface area (Å²) in [6, 6.07) is 15.0. The number of thiophene rings is 1. The quantitative estimate of drug-likeness (QED) is 0.278. The number of fused-ring (bicyclic) bond motifs is 1. The molecule has 9 heteroatoms. The van der Waals surface area contributed by atoms with Crippen LogP contribution in [-0.4, -0.2) is 55.1 Å². The first-order chi connectivity index (χ1) is 15.0. The number of nitro groups is 1. The number of anilines is 1. The average molecular weight is 476 g/mol. The molecule has 1 saturated heterocycles.